The van der Waals surface area contributed by atoms with Crippen LogP contribution in [0, 0.1) is 17.3 Å². The van der Waals surface area contributed by atoms with E-state index in [0.29, 0.717) is 23.3 Å². The predicted molar refractivity (Wildman–Crippen MR) is 65.2 cm³/mol. The second-order valence-corrected chi connectivity index (χ2v) is 7.08. The summed E-state index contributed by atoms with van der Waals surface area (Å²) < 4.78 is 12.4. The molecule has 0 spiro atoms. The third kappa shape index (κ3) is 1.17. The first-order valence-electron chi connectivity index (χ1n) is 6.69. The van der Waals surface area contributed by atoms with Gasteiger partial charge < -0.3 is 9.31 Å². The number of hydrogen-bond acceptors (Lipinski definition) is 2. The van der Waals surface area contributed by atoms with Gasteiger partial charge in [0.25, 0.3) is 0 Å². The van der Waals surface area contributed by atoms with Crippen LogP contribution < -0.4 is 0 Å². The van der Waals surface area contributed by atoms with Gasteiger partial charge in [-0.25, -0.2) is 0 Å². The first-order chi connectivity index (χ1) is 7.35. The van der Waals surface area contributed by atoms with E-state index in [0.717, 1.165) is 5.92 Å². The largest absolute Gasteiger partial charge is 0.460 e. The first kappa shape index (κ1) is 11.1. The zero-order valence-electron chi connectivity index (χ0n) is 11.1. The fourth-order valence-corrected chi connectivity index (χ4v) is 4.19. The van der Waals surface area contributed by atoms with Crippen LogP contribution in [0.5, 0.6) is 0 Å². The molecule has 2 nitrogen and oxygen atoms in total. The Morgan fingerprint density at radius 3 is 2.44 bits per heavy atom. The molecule has 1 aliphatic heterocycles. The standard InChI is InChI=1S/C13H23BO2/c1-8(2)14-15-11-7-9-6-10(12(9,3)4)13(11,5)16-14/h8-11H,6-7H2,1-5H3/t9?,10?,11?,13-/m0/s1. The van der Waals surface area contributed by atoms with Gasteiger partial charge >= 0.3 is 7.12 Å². The minimum atomic E-state index is -0.0206. The van der Waals surface area contributed by atoms with Crippen molar-refractivity contribution in [2.24, 2.45) is 17.3 Å². The second-order valence-electron chi connectivity index (χ2n) is 7.08. The van der Waals surface area contributed by atoms with Gasteiger partial charge in [-0.2, -0.15) is 0 Å². The summed E-state index contributed by atoms with van der Waals surface area (Å²) in [5, 5.41) is 0. The van der Waals surface area contributed by atoms with Gasteiger partial charge in [0.1, 0.15) is 0 Å². The molecule has 3 heteroatoms. The molecule has 0 amide bonds. The van der Waals surface area contributed by atoms with E-state index in [2.05, 4.69) is 34.6 Å². The molecule has 4 aliphatic rings. The predicted octanol–water partition coefficient (Wildman–Crippen LogP) is 3.12. The average molecular weight is 222 g/mol. The molecule has 1 saturated heterocycles. The Morgan fingerprint density at radius 1 is 1.19 bits per heavy atom. The smallest absolute Gasteiger partial charge is 0.405 e. The van der Waals surface area contributed by atoms with Gasteiger partial charge in [0.05, 0.1) is 11.7 Å². The lowest BCUT2D eigenvalue weighted by Crippen LogP contribution is -2.65. The lowest BCUT2D eigenvalue weighted by Gasteiger charge is -2.64. The molecule has 16 heavy (non-hydrogen) atoms. The van der Waals surface area contributed by atoms with Gasteiger partial charge in [-0.3, -0.25) is 0 Å². The van der Waals surface area contributed by atoms with E-state index in [-0.39, 0.29) is 12.7 Å². The molecule has 4 fully saturated rings. The Balaban J connectivity index is 1.87. The lowest BCUT2D eigenvalue weighted by atomic mass is 9.43. The van der Waals surface area contributed by atoms with Crippen LogP contribution in [0.1, 0.15) is 47.5 Å². The average Bonchev–Trinajstić information content (AvgIpc) is 2.54. The van der Waals surface area contributed by atoms with Gasteiger partial charge in [-0.15, -0.1) is 0 Å². The quantitative estimate of drug-likeness (QED) is 0.634. The lowest BCUT2D eigenvalue weighted by molar-refractivity contribution is -0.199. The molecule has 3 saturated carbocycles. The Hall–Kier alpha value is -0.0151. The maximum atomic E-state index is 6.28. The molecular formula is C13H23BO2. The number of rotatable bonds is 1. The summed E-state index contributed by atoms with van der Waals surface area (Å²) in [6.45, 7) is 11.4. The van der Waals surface area contributed by atoms with Crippen LogP contribution in [0.2, 0.25) is 5.82 Å². The van der Waals surface area contributed by atoms with Crippen LogP contribution in [-0.4, -0.2) is 18.8 Å². The monoisotopic (exact) mass is 222 g/mol. The molecule has 0 radical (unpaired) electrons. The van der Waals surface area contributed by atoms with Crippen molar-refractivity contribution in [2.45, 2.75) is 65.0 Å². The molecule has 0 N–H and O–H groups in total. The van der Waals surface area contributed by atoms with Crippen LogP contribution in [0.15, 0.2) is 0 Å². The normalized spacial score (nSPS) is 49.1. The molecule has 0 aromatic rings. The molecule has 4 atom stereocenters. The minimum Gasteiger partial charge on any atom is -0.405 e. The van der Waals surface area contributed by atoms with Gasteiger partial charge in [0.2, 0.25) is 0 Å². The van der Waals surface area contributed by atoms with Crippen LogP contribution in [0.3, 0.4) is 0 Å². The third-order valence-corrected chi connectivity index (χ3v) is 5.51. The summed E-state index contributed by atoms with van der Waals surface area (Å²) in [5.41, 5.74) is 0.438. The Morgan fingerprint density at radius 2 is 1.88 bits per heavy atom. The first-order valence-corrected chi connectivity index (χ1v) is 6.69. The van der Waals surface area contributed by atoms with Crippen molar-refractivity contribution in [2.75, 3.05) is 0 Å². The van der Waals surface area contributed by atoms with Crippen LogP contribution in [0.4, 0.5) is 0 Å². The minimum absolute atomic E-state index is 0.0187. The van der Waals surface area contributed by atoms with Gasteiger partial charge in [-0.1, -0.05) is 27.7 Å². The van der Waals surface area contributed by atoms with E-state index in [1.165, 1.54) is 12.8 Å². The van der Waals surface area contributed by atoms with Crippen LogP contribution >= 0.6 is 0 Å². The SMILES string of the molecule is CC(C)B1OC2CC3CC(C3(C)C)[C@]2(C)O1. The van der Waals surface area contributed by atoms with Gasteiger partial charge in [0.15, 0.2) is 0 Å². The highest BCUT2D eigenvalue weighted by Gasteiger charge is 2.67. The van der Waals surface area contributed by atoms with Crippen LogP contribution in [0.25, 0.3) is 0 Å². The molecule has 1 heterocycles. The van der Waals surface area contributed by atoms with Crippen molar-refractivity contribution in [1.29, 1.82) is 0 Å². The Bertz CT molecular complexity index is 315. The van der Waals surface area contributed by atoms with E-state index >= 15 is 0 Å². The summed E-state index contributed by atoms with van der Waals surface area (Å²) in [5.74, 6) is 2.00. The van der Waals surface area contributed by atoms with E-state index in [9.17, 15) is 0 Å². The van der Waals surface area contributed by atoms with Crippen molar-refractivity contribution in [3.63, 3.8) is 0 Å². The maximum Gasteiger partial charge on any atom is 0.460 e. The number of hydrogen-bond donors (Lipinski definition) is 0. The zero-order chi connectivity index (χ0) is 11.7. The summed E-state index contributed by atoms with van der Waals surface area (Å²) in [7, 11) is 0.0187. The van der Waals surface area contributed by atoms with Crippen molar-refractivity contribution in [3.8, 4) is 0 Å². The summed E-state index contributed by atoms with van der Waals surface area (Å²) in [6, 6.07) is 0. The van der Waals surface area contributed by atoms with E-state index in [1.807, 2.05) is 0 Å². The Labute approximate surface area is 99.2 Å². The van der Waals surface area contributed by atoms with Crippen molar-refractivity contribution in [3.05, 3.63) is 0 Å². The second kappa shape index (κ2) is 3.05. The van der Waals surface area contributed by atoms with Crippen molar-refractivity contribution >= 4 is 7.12 Å². The van der Waals surface area contributed by atoms with E-state index in [1.54, 1.807) is 0 Å². The summed E-state index contributed by atoms with van der Waals surface area (Å²) in [4.78, 5) is 0. The topological polar surface area (TPSA) is 18.5 Å². The van der Waals surface area contributed by atoms with Crippen LogP contribution in [-0.2, 0) is 9.31 Å². The van der Waals surface area contributed by atoms with Gasteiger partial charge in [-0.05, 0) is 42.8 Å². The van der Waals surface area contributed by atoms with E-state index < -0.39 is 0 Å². The molecule has 4 rings (SSSR count). The highest BCUT2D eigenvalue weighted by atomic mass is 16.7. The molecule has 3 unspecified atom stereocenters. The summed E-state index contributed by atoms with van der Waals surface area (Å²) in [6.07, 6.45) is 2.88. The zero-order valence-corrected chi connectivity index (χ0v) is 11.1. The molecular weight excluding hydrogens is 199 g/mol. The highest BCUT2D eigenvalue weighted by Crippen LogP contribution is 2.65. The summed E-state index contributed by atoms with van der Waals surface area (Å²) >= 11 is 0. The van der Waals surface area contributed by atoms with Gasteiger partial charge in [0, 0.05) is 0 Å². The molecule has 2 bridgehead atoms. The molecule has 3 aliphatic carbocycles. The Kier molecular flexibility index (Phi) is 2.12. The van der Waals surface area contributed by atoms with E-state index in [4.69, 9.17) is 9.31 Å². The molecule has 0 aromatic heterocycles. The fraction of sp³-hybridized carbons (Fsp3) is 1.00. The van der Waals surface area contributed by atoms with Crippen molar-refractivity contribution < 1.29 is 9.31 Å². The molecule has 90 valence electrons. The maximum absolute atomic E-state index is 6.28. The molecule has 0 aromatic carbocycles. The third-order valence-electron chi connectivity index (χ3n) is 5.51. The fourth-order valence-electron chi connectivity index (χ4n) is 4.19. The van der Waals surface area contributed by atoms with Crippen molar-refractivity contribution in [1.82, 2.24) is 0 Å². The highest BCUT2D eigenvalue weighted by molar-refractivity contribution is 6.47.